The van der Waals surface area contributed by atoms with Crippen molar-refractivity contribution in [1.29, 1.82) is 0 Å². The number of nitrogens with zero attached hydrogens (tertiary/aromatic N) is 3. The van der Waals surface area contributed by atoms with Gasteiger partial charge in [0.05, 0.1) is 22.6 Å². The summed E-state index contributed by atoms with van der Waals surface area (Å²) < 4.78 is 47.0. The molecule has 0 bridgehead atoms. The van der Waals surface area contributed by atoms with Crippen molar-refractivity contribution in [3.63, 3.8) is 0 Å². The number of aromatic nitrogens is 3. The zero-order valence-corrected chi connectivity index (χ0v) is 13.3. The van der Waals surface area contributed by atoms with Crippen LogP contribution >= 0.6 is 0 Å². The summed E-state index contributed by atoms with van der Waals surface area (Å²) in [4.78, 5) is 12.7. The molecule has 1 saturated heterocycles. The summed E-state index contributed by atoms with van der Waals surface area (Å²) in [7, 11) is 0. The zero-order chi connectivity index (χ0) is 17.6. The van der Waals surface area contributed by atoms with Gasteiger partial charge in [0, 0.05) is 12.0 Å². The van der Waals surface area contributed by atoms with Crippen LogP contribution < -0.4 is 5.56 Å². The molecular formula is C17H16F3N3O2. The minimum absolute atomic E-state index is 0.178. The zero-order valence-electron chi connectivity index (χ0n) is 13.3. The minimum atomic E-state index is -4.48. The van der Waals surface area contributed by atoms with Crippen LogP contribution in [0.15, 0.2) is 35.3 Å². The van der Waals surface area contributed by atoms with Crippen molar-refractivity contribution < 1.29 is 17.9 Å². The third-order valence-electron chi connectivity index (χ3n) is 4.49. The van der Waals surface area contributed by atoms with Gasteiger partial charge in [0.25, 0.3) is 5.56 Å². The van der Waals surface area contributed by atoms with Crippen LogP contribution in [-0.4, -0.2) is 27.1 Å². The molecule has 3 aromatic rings. The molecule has 2 aromatic heterocycles. The highest BCUT2D eigenvalue weighted by Gasteiger charge is 2.30. The SMILES string of the molecule is O=c1c2cnn(C3CCCCO3)c2c2ccccc2n1CC(F)(F)F. The molecular weight excluding hydrogens is 335 g/mol. The highest BCUT2D eigenvalue weighted by molar-refractivity contribution is 6.03. The number of hydrogen-bond acceptors (Lipinski definition) is 3. The summed E-state index contributed by atoms with van der Waals surface area (Å²) >= 11 is 0. The van der Waals surface area contributed by atoms with E-state index in [2.05, 4.69) is 5.10 Å². The van der Waals surface area contributed by atoms with Crippen molar-refractivity contribution >= 4 is 21.8 Å². The predicted molar refractivity (Wildman–Crippen MR) is 86.4 cm³/mol. The first kappa shape index (κ1) is 16.1. The number of fused-ring (bicyclic) bond motifs is 3. The van der Waals surface area contributed by atoms with Crippen LogP contribution in [0.3, 0.4) is 0 Å². The van der Waals surface area contributed by atoms with E-state index in [1.54, 1.807) is 22.9 Å². The maximum Gasteiger partial charge on any atom is 0.406 e. The Morgan fingerprint density at radius 1 is 1.20 bits per heavy atom. The van der Waals surface area contributed by atoms with E-state index in [9.17, 15) is 18.0 Å². The second kappa shape index (κ2) is 5.87. The summed E-state index contributed by atoms with van der Waals surface area (Å²) in [5.41, 5.74) is 0.0916. The van der Waals surface area contributed by atoms with E-state index in [1.807, 2.05) is 0 Å². The first-order valence-electron chi connectivity index (χ1n) is 8.13. The molecule has 1 aliphatic rings. The van der Waals surface area contributed by atoms with Gasteiger partial charge in [-0.1, -0.05) is 18.2 Å². The van der Waals surface area contributed by atoms with Crippen LogP contribution in [0.4, 0.5) is 13.2 Å². The smallest absolute Gasteiger partial charge is 0.356 e. The number of benzene rings is 1. The highest BCUT2D eigenvalue weighted by Crippen LogP contribution is 2.30. The van der Waals surface area contributed by atoms with Gasteiger partial charge in [0.1, 0.15) is 6.54 Å². The molecule has 0 saturated carbocycles. The van der Waals surface area contributed by atoms with E-state index in [0.29, 0.717) is 17.5 Å². The van der Waals surface area contributed by atoms with Crippen molar-refractivity contribution in [2.75, 3.05) is 6.61 Å². The van der Waals surface area contributed by atoms with Crippen LogP contribution in [0, 0.1) is 0 Å². The lowest BCUT2D eigenvalue weighted by atomic mass is 10.1. The van der Waals surface area contributed by atoms with E-state index >= 15 is 0 Å². The monoisotopic (exact) mass is 351 g/mol. The second-order valence-corrected chi connectivity index (χ2v) is 6.20. The van der Waals surface area contributed by atoms with Crippen molar-refractivity contribution in [3.8, 4) is 0 Å². The molecule has 0 amide bonds. The first-order valence-corrected chi connectivity index (χ1v) is 8.13. The number of para-hydroxylation sites is 1. The summed E-state index contributed by atoms with van der Waals surface area (Å²) in [5, 5.41) is 5.01. The van der Waals surface area contributed by atoms with E-state index in [1.165, 1.54) is 12.3 Å². The van der Waals surface area contributed by atoms with Gasteiger partial charge in [-0.05, 0) is 25.3 Å². The van der Waals surface area contributed by atoms with Crippen LogP contribution in [0.2, 0.25) is 0 Å². The third kappa shape index (κ3) is 2.80. The van der Waals surface area contributed by atoms with Gasteiger partial charge in [-0.2, -0.15) is 18.3 Å². The topological polar surface area (TPSA) is 49.1 Å². The molecule has 3 heterocycles. The lowest BCUT2D eigenvalue weighted by Crippen LogP contribution is -2.28. The number of alkyl halides is 3. The van der Waals surface area contributed by atoms with Crippen LogP contribution in [0.1, 0.15) is 25.5 Å². The maximum atomic E-state index is 12.9. The number of ether oxygens (including phenoxy) is 1. The second-order valence-electron chi connectivity index (χ2n) is 6.20. The van der Waals surface area contributed by atoms with Crippen LogP contribution in [0.25, 0.3) is 21.8 Å². The largest absolute Gasteiger partial charge is 0.406 e. The molecule has 132 valence electrons. The van der Waals surface area contributed by atoms with Crippen molar-refractivity contribution in [1.82, 2.24) is 14.3 Å². The van der Waals surface area contributed by atoms with Gasteiger partial charge in [-0.15, -0.1) is 0 Å². The fourth-order valence-corrected chi connectivity index (χ4v) is 3.42. The fraction of sp³-hybridized carbons (Fsp3) is 0.412. The van der Waals surface area contributed by atoms with E-state index in [4.69, 9.17) is 4.74 Å². The molecule has 4 rings (SSSR count). The Morgan fingerprint density at radius 3 is 2.72 bits per heavy atom. The van der Waals surface area contributed by atoms with Gasteiger partial charge in [0.15, 0.2) is 6.23 Å². The molecule has 0 radical (unpaired) electrons. The highest BCUT2D eigenvalue weighted by atomic mass is 19.4. The summed E-state index contributed by atoms with van der Waals surface area (Å²) in [6.45, 7) is -0.720. The van der Waals surface area contributed by atoms with Gasteiger partial charge in [0.2, 0.25) is 0 Å². The summed E-state index contributed by atoms with van der Waals surface area (Å²) in [5.74, 6) is 0. The Labute approximate surface area is 140 Å². The molecule has 1 atom stereocenters. The number of rotatable bonds is 2. The molecule has 1 aromatic carbocycles. The molecule has 1 fully saturated rings. The quantitative estimate of drug-likeness (QED) is 0.709. The van der Waals surface area contributed by atoms with E-state index in [0.717, 1.165) is 23.8 Å². The molecule has 25 heavy (non-hydrogen) atoms. The first-order chi connectivity index (χ1) is 12.0. The Bertz CT molecular complexity index is 984. The maximum absolute atomic E-state index is 12.9. The van der Waals surface area contributed by atoms with Gasteiger partial charge >= 0.3 is 6.18 Å². The van der Waals surface area contributed by atoms with Crippen LogP contribution in [-0.2, 0) is 11.3 Å². The summed E-state index contributed by atoms with van der Waals surface area (Å²) in [6, 6.07) is 6.60. The molecule has 1 aliphatic heterocycles. The summed E-state index contributed by atoms with van der Waals surface area (Å²) in [6.07, 6.45) is -0.731. The van der Waals surface area contributed by atoms with Gasteiger partial charge in [-0.25, -0.2) is 4.68 Å². The van der Waals surface area contributed by atoms with E-state index < -0.39 is 18.3 Å². The van der Waals surface area contributed by atoms with Crippen molar-refractivity contribution in [3.05, 3.63) is 40.8 Å². The lowest BCUT2D eigenvalue weighted by Gasteiger charge is -2.24. The van der Waals surface area contributed by atoms with Crippen LogP contribution in [0.5, 0.6) is 0 Å². The molecule has 0 aliphatic carbocycles. The molecule has 0 spiro atoms. The average Bonchev–Trinajstić information content (AvgIpc) is 3.04. The Morgan fingerprint density at radius 2 is 2.00 bits per heavy atom. The molecule has 0 N–H and O–H groups in total. The number of halogens is 3. The minimum Gasteiger partial charge on any atom is -0.356 e. The molecule has 5 nitrogen and oxygen atoms in total. The molecule has 1 unspecified atom stereocenters. The van der Waals surface area contributed by atoms with Gasteiger partial charge in [-0.3, -0.25) is 9.36 Å². The normalized spacial score (nSPS) is 18.9. The standard InChI is InChI=1S/C17H16F3N3O2/c18-17(19,20)10-22-13-6-2-1-5-11(13)15-12(16(22)24)9-21-23(15)14-7-3-4-8-25-14/h1-2,5-6,9,14H,3-4,7-8,10H2. The number of hydrogen-bond donors (Lipinski definition) is 0. The van der Waals surface area contributed by atoms with Crippen molar-refractivity contribution in [2.45, 2.75) is 38.2 Å². The predicted octanol–water partition coefficient (Wildman–Crippen LogP) is 3.61. The fourth-order valence-electron chi connectivity index (χ4n) is 3.42. The Balaban J connectivity index is 2.01. The average molecular weight is 351 g/mol. The lowest BCUT2D eigenvalue weighted by molar-refractivity contribution is -0.140. The van der Waals surface area contributed by atoms with Gasteiger partial charge < -0.3 is 4.74 Å². The molecule has 8 heteroatoms. The number of pyridine rings is 1. The van der Waals surface area contributed by atoms with E-state index in [-0.39, 0.29) is 17.1 Å². The Kier molecular flexibility index (Phi) is 3.79. The van der Waals surface area contributed by atoms with Crippen molar-refractivity contribution in [2.24, 2.45) is 0 Å². The Hall–Kier alpha value is -2.35. The third-order valence-corrected chi connectivity index (χ3v) is 4.49.